The second-order valence-electron chi connectivity index (χ2n) is 5.49. The molecule has 0 radical (unpaired) electrons. The van der Waals surface area contributed by atoms with Gasteiger partial charge in [-0.3, -0.25) is 0 Å². The molecule has 124 valence electrons. The number of ether oxygens (including phenoxy) is 1. The molecule has 0 saturated carbocycles. The molecule has 3 aromatic rings. The van der Waals surface area contributed by atoms with E-state index < -0.39 is 0 Å². The molecule has 0 aliphatic heterocycles. The van der Waals surface area contributed by atoms with Crippen LogP contribution in [0.2, 0.25) is 5.28 Å². The van der Waals surface area contributed by atoms with Gasteiger partial charge in [0.15, 0.2) is 0 Å². The van der Waals surface area contributed by atoms with Crippen LogP contribution in [0, 0.1) is 6.92 Å². The van der Waals surface area contributed by atoms with E-state index in [1.165, 1.54) is 0 Å². The van der Waals surface area contributed by atoms with E-state index in [0.717, 1.165) is 51.0 Å². The molecule has 2 heterocycles. The molecule has 0 bridgehead atoms. The van der Waals surface area contributed by atoms with Crippen molar-refractivity contribution in [3.63, 3.8) is 0 Å². The van der Waals surface area contributed by atoms with Gasteiger partial charge in [-0.05, 0) is 61.2 Å². The first-order valence-electron chi connectivity index (χ1n) is 7.75. The molecular formula is C18H18ClN3OS. The predicted molar refractivity (Wildman–Crippen MR) is 98.9 cm³/mol. The number of halogens is 1. The molecule has 0 atom stereocenters. The summed E-state index contributed by atoms with van der Waals surface area (Å²) in [5.41, 5.74) is 3.86. The Morgan fingerprint density at radius 2 is 2.04 bits per heavy atom. The first kappa shape index (κ1) is 16.9. The summed E-state index contributed by atoms with van der Waals surface area (Å²) in [6.07, 6.45) is 3.66. The highest BCUT2D eigenvalue weighted by molar-refractivity contribution is 7.15. The Morgan fingerprint density at radius 1 is 1.21 bits per heavy atom. The van der Waals surface area contributed by atoms with E-state index in [9.17, 15) is 0 Å². The lowest BCUT2D eigenvalue weighted by atomic mass is 10.1. The van der Waals surface area contributed by atoms with Gasteiger partial charge in [0.2, 0.25) is 5.28 Å². The fraction of sp³-hybridized carbons (Fsp3) is 0.278. The van der Waals surface area contributed by atoms with Gasteiger partial charge in [0, 0.05) is 11.8 Å². The highest BCUT2D eigenvalue weighted by Gasteiger charge is 2.17. The average Bonchev–Trinajstić information content (AvgIpc) is 2.98. The number of nitrogens with zero attached hydrogens (tertiary/aromatic N) is 3. The van der Waals surface area contributed by atoms with Gasteiger partial charge in [-0.25, -0.2) is 15.0 Å². The summed E-state index contributed by atoms with van der Waals surface area (Å²) in [6, 6.07) is 7.99. The summed E-state index contributed by atoms with van der Waals surface area (Å²) < 4.78 is 5.41. The third kappa shape index (κ3) is 3.57. The van der Waals surface area contributed by atoms with Crippen molar-refractivity contribution in [3.05, 3.63) is 46.3 Å². The van der Waals surface area contributed by atoms with E-state index in [1.54, 1.807) is 24.6 Å². The Morgan fingerprint density at radius 3 is 2.75 bits per heavy atom. The maximum absolute atomic E-state index is 5.98. The highest BCUT2D eigenvalue weighted by Crippen LogP contribution is 2.38. The summed E-state index contributed by atoms with van der Waals surface area (Å²) in [5.74, 6) is 0.821. The Kier molecular flexibility index (Phi) is 5.11. The minimum absolute atomic E-state index is 0.241. The molecule has 2 aromatic heterocycles. The van der Waals surface area contributed by atoms with Crippen molar-refractivity contribution in [1.82, 2.24) is 15.0 Å². The summed E-state index contributed by atoms with van der Waals surface area (Å²) in [4.78, 5) is 14.2. The lowest BCUT2D eigenvalue weighted by Crippen LogP contribution is -1.90. The van der Waals surface area contributed by atoms with Crippen molar-refractivity contribution in [3.8, 4) is 27.6 Å². The Bertz CT molecular complexity index is 863. The summed E-state index contributed by atoms with van der Waals surface area (Å²) in [7, 11) is 1.67. The summed E-state index contributed by atoms with van der Waals surface area (Å²) in [5, 5.41) is 1.34. The first-order valence-corrected chi connectivity index (χ1v) is 8.95. The number of aryl methyl sites for hydroxylation is 2. The quantitative estimate of drug-likeness (QED) is 0.588. The molecule has 0 N–H and O–H groups in total. The summed E-state index contributed by atoms with van der Waals surface area (Å²) in [6.45, 7) is 4.20. The van der Waals surface area contributed by atoms with Gasteiger partial charge >= 0.3 is 0 Å². The third-order valence-electron chi connectivity index (χ3n) is 3.55. The average molecular weight is 360 g/mol. The lowest BCUT2D eigenvalue weighted by molar-refractivity contribution is 0.414. The van der Waals surface area contributed by atoms with Crippen molar-refractivity contribution in [2.24, 2.45) is 0 Å². The molecule has 0 saturated heterocycles. The lowest BCUT2D eigenvalue weighted by Gasteiger charge is -2.07. The topological polar surface area (TPSA) is 47.9 Å². The van der Waals surface area contributed by atoms with Gasteiger partial charge in [-0.15, -0.1) is 11.3 Å². The number of methoxy groups -OCH3 is 1. The predicted octanol–water partition coefficient (Wildman–Crippen LogP) is 5.19. The van der Waals surface area contributed by atoms with Gasteiger partial charge in [0.05, 0.1) is 28.4 Å². The minimum atomic E-state index is 0.241. The molecular weight excluding hydrogens is 342 g/mol. The van der Waals surface area contributed by atoms with Gasteiger partial charge < -0.3 is 4.74 Å². The zero-order chi connectivity index (χ0) is 17.1. The second-order valence-corrected chi connectivity index (χ2v) is 6.91. The maximum Gasteiger partial charge on any atom is 0.222 e. The van der Waals surface area contributed by atoms with Crippen LogP contribution in [0.1, 0.15) is 23.9 Å². The minimum Gasteiger partial charge on any atom is -0.497 e. The molecule has 0 fully saturated rings. The normalized spacial score (nSPS) is 10.8. The van der Waals surface area contributed by atoms with Crippen LogP contribution in [0.4, 0.5) is 0 Å². The van der Waals surface area contributed by atoms with E-state index >= 15 is 0 Å². The van der Waals surface area contributed by atoms with E-state index in [2.05, 4.69) is 23.0 Å². The number of benzene rings is 1. The highest BCUT2D eigenvalue weighted by atomic mass is 35.5. The molecule has 6 heteroatoms. The van der Waals surface area contributed by atoms with Crippen LogP contribution in [0.25, 0.3) is 21.8 Å². The maximum atomic E-state index is 5.98. The van der Waals surface area contributed by atoms with E-state index in [0.29, 0.717) is 0 Å². The van der Waals surface area contributed by atoms with Crippen molar-refractivity contribution in [2.45, 2.75) is 26.7 Å². The zero-order valence-corrected chi connectivity index (χ0v) is 15.4. The van der Waals surface area contributed by atoms with Gasteiger partial charge in [0.1, 0.15) is 5.75 Å². The zero-order valence-electron chi connectivity index (χ0n) is 13.8. The third-order valence-corrected chi connectivity index (χ3v) is 4.87. The molecule has 3 rings (SSSR count). The first-order chi connectivity index (χ1) is 11.6. The number of hydrogen-bond acceptors (Lipinski definition) is 5. The monoisotopic (exact) mass is 359 g/mol. The summed E-state index contributed by atoms with van der Waals surface area (Å²) >= 11 is 7.64. The van der Waals surface area contributed by atoms with Crippen LogP contribution in [0.15, 0.2) is 30.5 Å². The fourth-order valence-electron chi connectivity index (χ4n) is 2.52. The van der Waals surface area contributed by atoms with Gasteiger partial charge in [-0.2, -0.15) is 0 Å². The van der Waals surface area contributed by atoms with E-state index in [-0.39, 0.29) is 5.28 Å². The standard InChI is InChI=1S/C18H18ClN3OS/c1-4-5-15-22-16(12-8-11(2)9-13(10-12)23-3)17(24-15)14-6-7-20-18(19)21-14/h6-10H,4-5H2,1-3H3. The van der Waals surface area contributed by atoms with Crippen LogP contribution in [-0.2, 0) is 6.42 Å². The SMILES string of the molecule is CCCc1nc(-c2cc(C)cc(OC)c2)c(-c2ccnc(Cl)n2)s1. The number of thiazole rings is 1. The molecule has 0 unspecified atom stereocenters. The fourth-order valence-corrected chi connectivity index (χ4v) is 3.82. The van der Waals surface area contributed by atoms with Crippen LogP contribution in [0.3, 0.4) is 0 Å². The van der Waals surface area contributed by atoms with Crippen molar-refractivity contribution >= 4 is 22.9 Å². The van der Waals surface area contributed by atoms with Crippen molar-refractivity contribution < 1.29 is 4.74 Å². The molecule has 24 heavy (non-hydrogen) atoms. The molecule has 1 aromatic carbocycles. The largest absolute Gasteiger partial charge is 0.497 e. The van der Waals surface area contributed by atoms with Gasteiger partial charge in [-0.1, -0.05) is 6.92 Å². The molecule has 0 aliphatic carbocycles. The second kappa shape index (κ2) is 7.28. The van der Waals surface area contributed by atoms with Gasteiger partial charge in [0.25, 0.3) is 0 Å². The van der Waals surface area contributed by atoms with E-state index in [1.807, 2.05) is 25.1 Å². The number of aromatic nitrogens is 3. The van der Waals surface area contributed by atoms with Crippen LogP contribution >= 0.6 is 22.9 Å². The molecule has 0 amide bonds. The van der Waals surface area contributed by atoms with Crippen molar-refractivity contribution in [2.75, 3.05) is 7.11 Å². The Labute approximate surface area is 150 Å². The van der Waals surface area contributed by atoms with Crippen LogP contribution in [-0.4, -0.2) is 22.1 Å². The number of rotatable bonds is 5. The van der Waals surface area contributed by atoms with Crippen molar-refractivity contribution in [1.29, 1.82) is 0 Å². The molecule has 0 spiro atoms. The Balaban J connectivity index is 2.17. The van der Waals surface area contributed by atoms with E-state index in [4.69, 9.17) is 21.3 Å². The molecule has 4 nitrogen and oxygen atoms in total. The smallest absolute Gasteiger partial charge is 0.222 e. The molecule has 0 aliphatic rings. The van der Waals surface area contributed by atoms with Crippen LogP contribution < -0.4 is 4.74 Å². The Hall–Kier alpha value is -1.98. The number of hydrogen-bond donors (Lipinski definition) is 0. The van der Waals surface area contributed by atoms with Crippen LogP contribution in [0.5, 0.6) is 5.75 Å².